The average Bonchev–Trinajstić information content (AvgIpc) is 2.98. The Balaban J connectivity index is 1.70. The van der Waals surface area contributed by atoms with Crippen molar-refractivity contribution in [1.82, 2.24) is 15.5 Å². The van der Waals surface area contributed by atoms with Crippen molar-refractivity contribution in [2.24, 2.45) is 0 Å². The molecule has 1 heterocycles. The molecule has 0 spiro atoms. The van der Waals surface area contributed by atoms with Gasteiger partial charge >= 0.3 is 0 Å². The summed E-state index contributed by atoms with van der Waals surface area (Å²) in [7, 11) is 1.68. The summed E-state index contributed by atoms with van der Waals surface area (Å²) in [6.45, 7) is 3.20. The maximum Gasteiger partial charge on any atom is 0.171 e. The molecule has 0 amide bonds. The number of H-pyrrole nitrogens is 1. The van der Waals surface area contributed by atoms with Gasteiger partial charge in [0, 0.05) is 6.04 Å². The Morgan fingerprint density at radius 1 is 1.29 bits per heavy atom. The first-order valence-electron chi connectivity index (χ1n) is 7.72. The van der Waals surface area contributed by atoms with Crippen LogP contribution >= 0.6 is 0 Å². The molecule has 0 bridgehead atoms. The molecule has 0 aliphatic heterocycles. The lowest BCUT2D eigenvalue weighted by atomic mass is 9.93. The van der Waals surface area contributed by atoms with Crippen molar-refractivity contribution < 1.29 is 9.47 Å². The van der Waals surface area contributed by atoms with Crippen molar-refractivity contribution in [2.45, 2.75) is 44.8 Å². The molecule has 0 unspecified atom stereocenters. The predicted octanol–water partition coefficient (Wildman–Crippen LogP) is 2.87. The van der Waals surface area contributed by atoms with Gasteiger partial charge in [0.05, 0.1) is 30.3 Å². The van der Waals surface area contributed by atoms with Crippen LogP contribution in [0.4, 0.5) is 0 Å². The zero-order valence-corrected chi connectivity index (χ0v) is 12.7. The predicted molar refractivity (Wildman–Crippen MR) is 83.0 cm³/mol. The van der Waals surface area contributed by atoms with Crippen LogP contribution in [0.25, 0.3) is 10.9 Å². The highest BCUT2D eigenvalue weighted by atomic mass is 16.5. The van der Waals surface area contributed by atoms with Crippen LogP contribution in [0.15, 0.2) is 18.3 Å². The molecule has 21 heavy (non-hydrogen) atoms. The fraction of sp³-hybridized carbons (Fsp3) is 0.562. The second-order valence-corrected chi connectivity index (χ2v) is 5.58. The van der Waals surface area contributed by atoms with E-state index in [4.69, 9.17) is 9.47 Å². The van der Waals surface area contributed by atoms with E-state index in [1.165, 1.54) is 12.8 Å². The maximum atomic E-state index is 6.19. The van der Waals surface area contributed by atoms with Gasteiger partial charge < -0.3 is 14.8 Å². The van der Waals surface area contributed by atoms with E-state index in [9.17, 15) is 0 Å². The number of nitrogens with zero attached hydrogens (tertiary/aromatic N) is 1. The quantitative estimate of drug-likeness (QED) is 0.888. The fourth-order valence-electron chi connectivity index (χ4n) is 3.13. The summed E-state index contributed by atoms with van der Waals surface area (Å²) < 4.78 is 11.7. The molecular formula is C16H23N3O2. The summed E-state index contributed by atoms with van der Waals surface area (Å²) in [5, 5.41) is 11.5. The van der Waals surface area contributed by atoms with Gasteiger partial charge in [-0.05, 0) is 44.4 Å². The number of fused-ring (bicyclic) bond motifs is 1. The molecule has 2 aromatic rings. The molecule has 1 aromatic heterocycles. The molecule has 1 aromatic carbocycles. The number of aromatic nitrogens is 2. The van der Waals surface area contributed by atoms with E-state index in [2.05, 4.69) is 22.4 Å². The van der Waals surface area contributed by atoms with Crippen molar-refractivity contribution in [3.05, 3.63) is 18.3 Å². The normalized spacial score (nSPS) is 22.4. The SMILES string of the molecule is CCNC1CCC(Oc2ccc3[nH]ncc3c2OC)CC1. The van der Waals surface area contributed by atoms with Gasteiger partial charge in [-0.1, -0.05) is 6.92 Å². The van der Waals surface area contributed by atoms with E-state index in [0.717, 1.165) is 41.8 Å². The summed E-state index contributed by atoms with van der Waals surface area (Å²) in [5.41, 5.74) is 0.968. The Hall–Kier alpha value is -1.75. The lowest BCUT2D eigenvalue weighted by molar-refractivity contribution is 0.136. The largest absolute Gasteiger partial charge is 0.492 e. The number of hydrogen-bond donors (Lipinski definition) is 2. The minimum absolute atomic E-state index is 0.276. The highest BCUT2D eigenvalue weighted by Crippen LogP contribution is 2.36. The standard InChI is InChI=1S/C16H23N3O2/c1-3-17-11-4-6-12(7-5-11)21-15-9-8-14-13(10-18-19-14)16(15)20-2/h8-12,17H,3-7H2,1-2H3,(H,18,19). The molecule has 5 nitrogen and oxygen atoms in total. The molecular weight excluding hydrogens is 266 g/mol. The third-order valence-corrected chi connectivity index (χ3v) is 4.20. The maximum absolute atomic E-state index is 6.19. The zero-order valence-electron chi connectivity index (χ0n) is 12.7. The second kappa shape index (κ2) is 6.35. The first kappa shape index (κ1) is 14.2. The second-order valence-electron chi connectivity index (χ2n) is 5.58. The van der Waals surface area contributed by atoms with Crippen molar-refractivity contribution in [1.29, 1.82) is 0 Å². The molecule has 1 fully saturated rings. The van der Waals surface area contributed by atoms with Crippen molar-refractivity contribution in [3.63, 3.8) is 0 Å². The van der Waals surface area contributed by atoms with Crippen LogP contribution in [0.1, 0.15) is 32.6 Å². The van der Waals surface area contributed by atoms with Crippen LogP contribution in [0.2, 0.25) is 0 Å². The van der Waals surface area contributed by atoms with Gasteiger partial charge in [0.2, 0.25) is 0 Å². The van der Waals surface area contributed by atoms with E-state index in [0.29, 0.717) is 6.04 Å². The lowest BCUT2D eigenvalue weighted by Gasteiger charge is -2.29. The zero-order chi connectivity index (χ0) is 14.7. The molecule has 5 heteroatoms. The Morgan fingerprint density at radius 2 is 2.10 bits per heavy atom. The minimum Gasteiger partial charge on any atom is -0.492 e. The molecule has 2 N–H and O–H groups in total. The average molecular weight is 289 g/mol. The Bertz CT molecular complexity index is 588. The number of benzene rings is 1. The number of methoxy groups -OCH3 is 1. The molecule has 0 atom stereocenters. The molecule has 0 radical (unpaired) electrons. The van der Waals surface area contributed by atoms with Crippen LogP contribution in [-0.2, 0) is 0 Å². The number of nitrogens with one attached hydrogen (secondary N) is 2. The molecule has 1 aliphatic rings. The third kappa shape index (κ3) is 2.97. The van der Waals surface area contributed by atoms with E-state index in [1.807, 2.05) is 12.1 Å². The van der Waals surface area contributed by atoms with Gasteiger partial charge in [0.15, 0.2) is 11.5 Å². The van der Waals surface area contributed by atoms with E-state index in [-0.39, 0.29) is 6.10 Å². The van der Waals surface area contributed by atoms with Crippen LogP contribution in [0.5, 0.6) is 11.5 Å². The molecule has 1 saturated carbocycles. The summed E-state index contributed by atoms with van der Waals surface area (Å²) in [5.74, 6) is 1.59. The smallest absolute Gasteiger partial charge is 0.171 e. The van der Waals surface area contributed by atoms with Crippen molar-refractivity contribution >= 4 is 10.9 Å². The Morgan fingerprint density at radius 3 is 2.81 bits per heavy atom. The summed E-state index contributed by atoms with van der Waals surface area (Å²) in [4.78, 5) is 0. The van der Waals surface area contributed by atoms with E-state index in [1.54, 1.807) is 13.3 Å². The Labute approximate surface area is 125 Å². The molecule has 1 aliphatic carbocycles. The number of aromatic amines is 1. The molecule has 0 saturated heterocycles. The van der Waals surface area contributed by atoms with Gasteiger partial charge in [0.1, 0.15) is 0 Å². The topological polar surface area (TPSA) is 59.2 Å². The number of ether oxygens (including phenoxy) is 2. The van der Waals surface area contributed by atoms with E-state index >= 15 is 0 Å². The van der Waals surface area contributed by atoms with Gasteiger partial charge in [0.25, 0.3) is 0 Å². The van der Waals surface area contributed by atoms with Gasteiger partial charge in [-0.2, -0.15) is 5.10 Å². The van der Waals surface area contributed by atoms with Crippen LogP contribution < -0.4 is 14.8 Å². The van der Waals surface area contributed by atoms with Gasteiger partial charge in [-0.25, -0.2) is 0 Å². The summed E-state index contributed by atoms with van der Waals surface area (Å²) >= 11 is 0. The fourth-order valence-corrected chi connectivity index (χ4v) is 3.13. The first-order chi connectivity index (χ1) is 10.3. The van der Waals surface area contributed by atoms with E-state index < -0.39 is 0 Å². The van der Waals surface area contributed by atoms with Crippen molar-refractivity contribution in [3.8, 4) is 11.5 Å². The molecule has 3 rings (SSSR count). The monoisotopic (exact) mass is 289 g/mol. The van der Waals surface area contributed by atoms with Crippen molar-refractivity contribution in [2.75, 3.05) is 13.7 Å². The number of rotatable bonds is 5. The minimum atomic E-state index is 0.276. The highest BCUT2D eigenvalue weighted by molar-refractivity contribution is 5.87. The Kier molecular flexibility index (Phi) is 4.29. The third-order valence-electron chi connectivity index (χ3n) is 4.20. The van der Waals surface area contributed by atoms with Crippen LogP contribution in [-0.4, -0.2) is 36.0 Å². The molecule has 114 valence electrons. The van der Waals surface area contributed by atoms with Gasteiger partial charge in [-0.15, -0.1) is 0 Å². The number of hydrogen-bond acceptors (Lipinski definition) is 4. The first-order valence-corrected chi connectivity index (χ1v) is 7.72. The highest BCUT2D eigenvalue weighted by Gasteiger charge is 2.23. The van der Waals surface area contributed by atoms with Gasteiger partial charge in [-0.3, -0.25) is 5.10 Å². The van der Waals surface area contributed by atoms with Crippen LogP contribution in [0, 0.1) is 0 Å². The van der Waals surface area contributed by atoms with Crippen LogP contribution in [0.3, 0.4) is 0 Å². The lowest BCUT2D eigenvalue weighted by Crippen LogP contribution is -2.36. The summed E-state index contributed by atoms with van der Waals surface area (Å²) in [6.07, 6.45) is 6.58. The summed E-state index contributed by atoms with van der Waals surface area (Å²) in [6, 6.07) is 4.60.